The molecule has 1 aromatic rings. The summed E-state index contributed by atoms with van der Waals surface area (Å²) in [4.78, 5) is 0. The normalized spacial score (nSPS) is 11.6. The average Bonchev–Trinajstić information content (AvgIpc) is 2.19. The summed E-state index contributed by atoms with van der Waals surface area (Å²) in [7, 11) is 0. The van der Waals surface area contributed by atoms with E-state index in [2.05, 4.69) is 5.32 Å². The van der Waals surface area contributed by atoms with Gasteiger partial charge in [0.25, 0.3) is 0 Å². The fraction of sp³-hybridized carbons (Fsp3) is 0.400. The Hall–Kier alpha value is -0.940. The standard InChI is InChI=1S/C10H11ClF3NO/c11-7-2-3-9(15-4-1-5-16)8(6-7)10(12,13)14/h2-3,6,15-16H,1,4-5H2. The van der Waals surface area contributed by atoms with Crippen molar-refractivity contribution in [1.29, 1.82) is 0 Å². The van der Waals surface area contributed by atoms with Crippen LogP contribution < -0.4 is 5.32 Å². The molecule has 0 bridgehead atoms. The SMILES string of the molecule is OCCCNc1ccc(Cl)cc1C(F)(F)F. The van der Waals surface area contributed by atoms with Crippen molar-refractivity contribution in [3.05, 3.63) is 28.8 Å². The minimum absolute atomic E-state index is 0.0228. The van der Waals surface area contributed by atoms with E-state index in [-0.39, 0.29) is 23.9 Å². The lowest BCUT2D eigenvalue weighted by atomic mass is 10.1. The molecule has 6 heteroatoms. The molecular weight excluding hydrogens is 243 g/mol. The van der Waals surface area contributed by atoms with Gasteiger partial charge in [-0.2, -0.15) is 13.2 Å². The van der Waals surface area contributed by atoms with Crippen molar-refractivity contribution in [1.82, 2.24) is 0 Å². The molecule has 0 radical (unpaired) electrons. The third-order valence-electron chi connectivity index (χ3n) is 1.94. The predicted octanol–water partition coefficient (Wildman–Crippen LogP) is 3.15. The topological polar surface area (TPSA) is 32.3 Å². The van der Waals surface area contributed by atoms with Gasteiger partial charge in [-0.25, -0.2) is 0 Å². The Morgan fingerprint density at radius 1 is 1.31 bits per heavy atom. The number of rotatable bonds is 4. The quantitative estimate of drug-likeness (QED) is 0.808. The van der Waals surface area contributed by atoms with E-state index in [9.17, 15) is 13.2 Å². The Morgan fingerprint density at radius 2 is 2.00 bits per heavy atom. The lowest BCUT2D eigenvalue weighted by Crippen LogP contribution is -2.12. The number of anilines is 1. The molecular formula is C10H11ClF3NO. The van der Waals surface area contributed by atoms with Gasteiger partial charge >= 0.3 is 6.18 Å². The second-order valence-electron chi connectivity index (χ2n) is 3.19. The van der Waals surface area contributed by atoms with Gasteiger partial charge in [-0.15, -0.1) is 0 Å². The monoisotopic (exact) mass is 253 g/mol. The highest BCUT2D eigenvalue weighted by atomic mass is 35.5. The minimum Gasteiger partial charge on any atom is -0.396 e. The van der Waals surface area contributed by atoms with Crippen LogP contribution in [-0.2, 0) is 6.18 Å². The molecule has 1 aromatic carbocycles. The zero-order chi connectivity index (χ0) is 12.2. The third kappa shape index (κ3) is 3.57. The van der Waals surface area contributed by atoms with Crippen LogP contribution in [0.4, 0.5) is 18.9 Å². The zero-order valence-electron chi connectivity index (χ0n) is 8.31. The van der Waals surface area contributed by atoms with Crippen molar-refractivity contribution in [2.45, 2.75) is 12.6 Å². The number of nitrogens with one attached hydrogen (secondary N) is 1. The number of aliphatic hydroxyl groups excluding tert-OH is 1. The molecule has 16 heavy (non-hydrogen) atoms. The van der Waals surface area contributed by atoms with Crippen LogP contribution in [0.3, 0.4) is 0 Å². The summed E-state index contributed by atoms with van der Waals surface area (Å²) in [5, 5.41) is 11.2. The number of alkyl halides is 3. The van der Waals surface area contributed by atoms with E-state index >= 15 is 0 Å². The highest BCUT2D eigenvalue weighted by Crippen LogP contribution is 2.36. The molecule has 0 unspecified atom stereocenters. The van der Waals surface area contributed by atoms with Gasteiger partial charge in [0.2, 0.25) is 0 Å². The predicted molar refractivity (Wildman–Crippen MR) is 56.6 cm³/mol. The van der Waals surface area contributed by atoms with Crippen LogP contribution in [-0.4, -0.2) is 18.3 Å². The van der Waals surface area contributed by atoms with Crippen LogP contribution in [0, 0.1) is 0 Å². The smallest absolute Gasteiger partial charge is 0.396 e. The molecule has 2 N–H and O–H groups in total. The Kier molecular flexibility index (Phi) is 4.44. The lowest BCUT2D eigenvalue weighted by Gasteiger charge is -2.14. The van der Waals surface area contributed by atoms with Gasteiger partial charge in [-0.3, -0.25) is 0 Å². The number of hydrogen-bond acceptors (Lipinski definition) is 2. The highest BCUT2D eigenvalue weighted by molar-refractivity contribution is 6.30. The molecule has 90 valence electrons. The summed E-state index contributed by atoms with van der Waals surface area (Å²) in [6.07, 6.45) is -4.05. The van der Waals surface area contributed by atoms with Crippen LogP contribution in [0.5, 0.6) is 0 Å². The summed E-state index contributed by atoms with van der Waals surface area (Å²) >= 11 is 5.52. The molecule has 0 atom stereocenters. The number of halogens is 4. The van der Waals surface area contributed by atoms with Gasteiger partial charge in [-0.05, 0) is 24.6 Å². The third-order valence-corrected chi connectivity index (χ3v) is 2.17. The molecule has 1 rings (SSSR count). The average molecular weight is 254 g/mol. The molecule has 0 heterocycles. The van der Waals surface area contributed by atoms with Crippen molar-refractivity contribution in [3.63, 3.8) is 0 Å². The van der Waals surface area contributed by atoms with Crippen LogP contribution in [0.25, 0.3) is 0 Å². The first-order valence-electron chi connectivity index (χ1n) is 4.66. The summed E-state index contributed by atoms with van der Waals surface area (Å²) in [5.41, 5.74) is -0.816. The number of aliphatic hydroxyl groups is 1. The fourth-order valence-electron chi connectivity index (χ4n) is 1.21. The minimum atomic E-state index is -4.44. The highest BCUT2D eigenvalue weighted by Gasteiger charge is 2.33. The van der Waals surface area contributed by atoms with Gasteiger partial charge in [-0.1, -0.05) is 11.6 Å². The van der Waals surface area contributed by atoms with E-state index in [4.69, 9.17) is 16.7 Å². The molecule has 0 aliphatic heterocycles. The van der Waals surface area contributed by atoms with Crippen molar-refractivity contribution in [2.24, 2.45) is 0 Å². The first kappa shape index (κ1) is 13.1. The van der Waals surface area contributed by atoms with E-state index in [0.717, 1.165) is 6.07 Å². The second kappa shape index (κ2) is 5.41. The molecule has 2 nitrogen and oxygen atoms in total. The van der Waals surface area contributed by atoms with E-state index < -0.39 is 11.7 Å². The summed E-state index contributed by atoms with van der Waals surface area (Å²) in [5.74, 6) is 0. The van der Waals surface area contributed by atoms with E-state index in [1.807, 2.05) is 0 Å². The van der Waals surface area contributed by atoms with Crippen molar-refractivity contribution in [3.8, 4) is 0 Å². The maximum atomic E-state index is 12.6. The van der Waals surface area contributed by atoms with Crippen molar-refractivity contribution in [2.75, 3.05) is 18.5 Å². The Morgan fingerprint density at radius 3 is 2.56 bits per heavy atom. The lowest BCUT2D eigenvalue weighted by molar-refractivity contribution is -0.136. The van der Waals surface area contributed by atoms with Crippen molar-refractivity contribution < 1.29 is 18.3 Å². The fourth-order valence-corrected chi connectivity index (χ4v) is 1.38. The molecule has 0 saturated carbocycles. The zero-order valence-corrected chi connectivity index (χ0v) is 9.07. The number of hydrogen-bond donors (Lipinski definition) is 2. The van der Waals surface area contributed by atoms with E-state index in [1.54, 1.807) is 0 Å². The molecule has 0 aromatic heterocycles. The molecule has 0 fully saturated rings. The summed E-state index contributed by atoms with van der Waals surface area (Å²) in [6.45, 7) is 0.211. The molecule has 0 spiro atoms. The maximum absolute atomic E-state index is 12.6. The molecule has 0 aliphatic rings. The van der Waals surface area contributed by atoms with Gasteiger partial charge < -0.3 is 10.4 Å². The Bertz CT molecular complexity index is 354. The second-order valence-corrected chi connectivity index (χ2v) is 3.63. The Labute approximate surface area is 96.0 Å². The van der Waals surface area contributed by atoms with Gasteiger partial charge in [0.05, 0.1) is 5.56 Å². The molecule has 0 saturated heterocycles. The van der Waals surface area contributed by atoms with Gasteiger partial charge in [0, 0.05) is 23.9 Å². The van der Waals surface area contributed by atoms with Crippen molar-refractivity contribution >= 4 is 17.3 Å². The largest absolute Gasteiger partial charge is 0.418 e. The first-order chi connectivity index (χ1) is 7.45. The number of benzene rings is 1. The van der Waals surface area contributed by atoms with Crippen LogP contribution in [0.1, 0.15) is 12.0 Å². The maximum Gasteiger partial charge on any atom is 0.418 e. The summed E-state index contributed by atoms with van der Waals surface area (Å²) < 4.78 is 37.8. The van der Waals surface area contributed by atoms with Crippen LogP contribution in [0.2, 0.25) is 5.02 Å². The summed E-state index contributed by atoms with van der Waals surface area (Å²) in [6, 6.07) is 3.55. The van der Waals surface area contributed by atoms with E-state index in [0.29, 0.717) is 6.42 Å². The molecule has 0 aliphatic carbocycles. The van der Waals surface area contributed by atoms with Crippen LogP contribution >= 0.6 is 11.6 Å². The van der Waals surface area contributed by atoms with Gasteiger partial charge in [0.15, 0.2) is 0 Å². The van der Waals surface area contributed by atoms with E-state index in [1.165, 1.54) is 12.1 Å². The Balaban J connectivity index is 2.90. The van der Waals surface area contributed by atoms with Gasteiger partial charge in [0.1, 0.15) is 0 Å². The molecule has 0 amide bonds. The first-order valence-corrected chi connectivity index (χ1v) is 5.04. The van der Waals surface area contributed by atoms with Crippen LogP contribution in [0.15, 0.2) is 18.2 Å².